The maximum atomic E-state index is 12.3. The van der Waals surface area contributed by atoms with Crippen LogP contribution in [0.1, 0.15) is 31.4 Å². The second-order valence-corrected chi connectivity index (χ2v) is 8.32. The first-order valence-electron chi connectivity index (χ1n) is 10.3. The van der Waals surface area contributed by atoms with E-state index in [-0.39, 0.29) is 24.7 Å². The fourth-order valence-corrected chi connectivity index (χ4v) is 4.01. The molecule has 0 aromatic heterocycles. The third-order valence-electron chi connectivity index (χ3n) is 5.30. The quantitative estimate of drug-likeness (QED) is 0.742. The predicted molar refractivity (Wildman–Crippen MR) is 114 cm³/mol. The van der Waals surface area contributed by atoms with E-state index in [1.807, 2.05) is 49.1 Å². The lowest BCUT2D eigenvalue weighted by Gasteiger charge is -2.30. The van der Waals surface area contributed by atoms with Gasteiger partial charge in [-0.1, -0.05) is 30.3 Å². The summed E-state index contributed by atoms with van der Waals surface area (Å²) in [6.45, 7) is 4.82. The van der Waals surface area contributed by atoms with Crippen LogP contribution in [0.2, 0.25) is 0 Å². The van der Waals surface area contributed by atoms with Crippen molar-refractivity contribution in [3.8, 4) is 11.5 Å². The fraction of sp³-hybridized carbons (Fsp3) is 0.391. The first kappa shape index (κ1) is 20.1. The third kappa shape index (κ3) is 4.50. The maximum Gasteiger partial charge on any atom is 0.276 e. The number of amides is 2. The van der Waals surface area contributed by atoms with Crippen LogP contribution in [0.3, 0.4) is 0 Å². The van der Waals surface area contributed by atoms with E-state index in [1.54, 1.807) is 6.07 Å². The fourth-order valence-electron chi connectivity index (χ4n) is 4.01. The zero-order valence-electron chi connectivity index (χ0n) is 17.4. The molecule has 0 fully saturated rings. The van der Waals surface area contributed by atoms with Crippen molar-refractivity contribution in [1.29, 1.82) is 0 Å². The van der Waals surface area contributed by atoms with Gasteiger partial charge < -0.3 is 14.4 Å². The number of fused-ring (bicyclic) bond motifs is 2. The molecule has 0 bridgehead atoms. The van der Waals surface area contributed by atoms with Gasteiger partial charge in [0.25, 0.3) is 11.8 Å². The van der Waals surface area contributed by atoms with Gasteiger partial charge in [0.2, 0.25) is 0 Å². The lowest BCUT2D eigenvalue weighted by Crippen LogP contribution is -2.48. The molecule has 7 nitrogen and oxygen atoms in total. The minimum absolute atomic E-state index is 0.188. The summed E-state index contributed by atoms with van der Waals surface area (Å²) in [4.78, 5) is 26.5. The molecule has 2 aromatic carbocycles. The number of hydrazine groups is 1. The topological polar surface area (TPSA) is 79.9 Å². The maximum absolute atomic E-state index is 12.3. The number of aryl methyl sites for hydroxylation is 1. The number of nitrogens with one attached hydrogen (secondary N) is 2. The highest BCUT2D eigenvalue weighted by atomic mass is 16.5. The summed E-state index contributed by atoms with van der Waals surface area (Å²) in [5, 5.41) is 0. The summed E-state index contributed by atoms with van der Waals surface area (Å²) in [7, 11) is 0. The summed E-state index contributed by atoms with van der Waals surface area (Å²) < 4.78 is 11.6. The Balaban J connectivity index is 1.26. The number of anilines is 1. The van der Waals surface area contributed by atoms with Crippen LogP contribution in [0.4, 0.5) is 5.69 Å². The predicted octanol–water partition coefficient (Wildman–Crippen LogP) is 2.38. The molecule has 2 amide bonds. The molecule has 4 rings (SSSR count). The largest absolute Gasteiger partial charge is 0.483 e. The minimum atomic E-state index is -0.433. The molecule has 0 aliphatic carbocycles. The third-order valence-corrected chi connectivity index (χ3v) is 5.30. The molecule has 0 radical (unpaired) electrons. The molecule has 158 valence electrons. The van der Waals surface area contributed by atoms with Crippen LogP contribution in [0, 0.1) is 0 Å². The lowest BCUT2D eigenvalue weighted by atomic mass is 10.0. The Bertz CT molecular complexity index is 957. The molecule has 2 aliphatic heterocycles. The number of para-hydroxylation sites is 2. The van der Waals surface area contributed by atoms with Crippen molar-refractivity contribution >= 4 is 17.5 Å². The van der Waals surface area contributed by atoms with E-state index in [0.29, 0.717) is 11.5 Å². The molecular weight excluding hydrogens is 382 g/mol. The Hall–Kier alpha value is -3.22. The lowest BCUT2D eigenvalue weighted by molar-refractivity contribution is -0.129. The average molecular weight is 409 g/mol. The molecule has 30 heavy (non-hydrogen) atoms. The Morgan fingerprint density at radius 2 is 1.83 bits per heavy atom. The Morgan fingerprint density at radius 1 is 1.07 bits per heavy atom. The molecule has 2 N–H and O–H groups in total. The van der Waals surface area contributed by atoms with Crippen molar-refractivity contribution in [2.24, 2.45) is 0 Å². The minimum Gasteiger partial charge on any atom is -0.483 e. The van der Waals surface area contributed by atoms with Crippen LogP contribution in [0.5, 0.6) is 11.5 Å². The molecule has 0 saturated carbocycles. The van der Waals surface area contributed by atoms with Crippen molar-refractivity contribution in [1.82, 2.24) is 10.9 Å². The normalized spacial score (nSPS) is 16.1. The molecule has 2 aromatic rings. The van der Waals surface area contributed by atoms with E-state index in [9.17, 15) is 9.59 Å². The number of rotatable bonds is 5. The molecule has 2 heterocycles. The van der Waals surface area contributed by atoms with Gasteiger partial charge in [0.15, 0.2) is 18.1 Å². The monoisotopic (exact) mass is 409 g/mol. The second kappa shape index (κ2) is 8.26. The van der Waals surface area contributed by atoms with E-state index in [1.165, 1.54) is 5.56 Å². The standard InChI is InChI=1S/C23H27N3O4/c1-23(2)13-17-8-5-11-19(22(17)30-23)29-15-21(28)25-24-20(27)14-26-12-6-9-16-7-3-4-10-18(16)26/h3-5,7-8,10-11H,6,9,12-15H2,1-2H3,(H,24,27)(H,25,28). The van der Waals surface area contributed by atoms with Crippen molar-refractivity contribution in [2.45, 2.75) is 38.7 Å². The summed E-state index contributed by atoms with van der Waals surface area (Å²) in [5.41, 5.74) is 7.99. The molecule has 0 saturated heterocycles. The van der Waals surface area contributed by atoms with Gasteiger partial charge in [-0.05, 0) is 44.4 Å². The number of hydrogen-bond donors (Lipinski definition) is 2. The van der Waals surface area contributed by atoms with Gasteiger partial charge in [0.1, 0.15) is 5.60 Å². The number of ether oxygens (including phenoxy) is 2. The Morgan fingerprint density at radius 3 is 2.70 bits per heavy atom. The van der Waals surface area contributed by atoms with Crippen molar-refractivity contribution in [3.05, 3.63) is 53.6 Å². The average Bonchev–Trinajstić information content (AvgIpc) is 3.05. The molecular formula is C23H27N3O4. The number of benzene rings is 2. The van der Waals surface area contributed by atoms with E-state index in [4.69, 9.17) is 9.47 Å². The summed E-state index contributed by atoms with van der Waals surface area (Å²) in [6, 6.07) is 13.8. The van der Waals surface area contributed by atoms with Crippen LogP contribution in [0.25, 0.3) is 0 Å². The highest BCUT2D eigenvalue weighted by Gasteiger charge is 2.32. The van der Waals surface area contributed by atoms with E-state index < -0.39 is 5.91 Å². The van der Waals surface area contributed by atoms with Crippen molar-refractivity contribution in [2.75, 3.05) is 24.6 Å². The van der Waals surface area contributed by atoms with Gasteiger partial charge in [-0.2, -0.15) is 0 Å². The van der Waals surface area contributed by atoms with E-state index >= 15 is 0 Å². The van der Waals surface area contributed by atoms with Gasteiger partial charge in [-0.3, -0.25) is 20.4 Å². The number of nitrogens with zero attached hydrogens (tertiary/aromatic N) is 1. The Kier molecular flexibility index (Phi) is 5.53. The highest BCUT2D eigenvalue weighted by molar-refractivity contribution is 5.85. The SMILES string of the molecule is CC1(C)Cc2cccc(OCC(=O)NNC(=O)CN3CCCc4ccccc43)c2O1. The first-order valence-corrected chi connectivity index (χ1v) is 10.3. The highest BCUT2D eigenvalue weighted by Crippen LogP contribution is 2.41. The van der Waals surface area contributed by atoms with Gasteiger partial charge in [-0.25, -0.2) is 0 Å². The molecule has 2 aliphatic rings. The van der Waals surface area contributed by atoms with Crippen LogP contribution in [-0.2, 0) is 22.4 Å². The molecule has 0 unspecified atom stereocenters. The van der Waals surface area contributed by atoms with E-state index in [2.05, 4.69) is 16.9 Å². The summed E-state index contributed by atoms with van der Waals surface area (Å²) in [6.07, 6.45) is 2.82. The molecule has 0 spiro atoms. The second-order valence-electron chi connectivity index (χ2n) is 8.32. The van der Waals surface area contributed by atoms with Crippen LogP contribution in [0.15, 0.2) is 42.5 Å². The van der Waals surface area contributed by atoms with Crippen LogP contribution >= 0.6 is 0 Å². The molecule has 7 heteroatoms. The van der Waals surface area contributed by atoms with Crippen LogP contribution in [-0.4, -0.2) is 37.1 Å². The summed E-state index contributed by atoms with van der Waals surface area (Å²) >= 11 is 0. The first-order chi connectivity index (χ1) is 14.4. The van der Waals surface area contributed by atoms with Crippen LogP contribution < -0.4 is 25.2 Å². The number of carbonyl (C=O) groups is 2. The zero-order valence-corrected chi connectivity index (χ0v) is 17.4. The van der Waals surface area contributed by atoms with Gasteiger partial charge in [0, 0.05) is 24.2 Å². The van der Waals surface area contributed by atoms with Gasteiger partial charge in [-0.15, -0.1) is 0 Å². The van der Waals surface area contributed by atoms with Crippen molar-refractivity contribution < 1.29 is 19.1 Å². The van der Waals surface area contributed by atoms with E-state index in [0.717, 1.165) is 37.1 Å². The zero-order chi connectivity index (χ0) is 21.1. The van der Waals surface area contributed by atoms with Gasteiger partial charge in [0.05, 0.1) is 6.54 Å². The number of carbonyl (C=O) groups excluding carboxylic acids is 2. The Labute approximate surface area is 176 Å². The van der Waals surface area contributed by atoms with Crippen molar-refractivity contribution in [3.63, 3.8) is 0 Å². The summed E-state index contributed by atoms with van der Waals surface area (Å²) in [5.74, 6) is 0.510. The number of hydrogen-bond acceptors (Lipinski definition) is 5. The smallest absolute Gasteiger partial charge is 0.276 e. The van der Waals surface area contributed by atoms with Gasteiger partial charge >= 0.3 is 0 Å². The molecule has 0 atom stereocenters.